The second-order valence-corrected chi connectivity index (χ2v) is 2.10. The molecule has 1 rings (SSSR count). The smallest absolute Gasteiger partial charge is 0.149 e. The third-order valence-electron chi connectivity index (χ3n) is 1.44. The SMILES string of the molecule is NC1=C(C=O)CNCC1. The van der Waals surface area contributed by atoms with Crippen LogP contribution in [-0.4, -0.2) is 19.4 Å². The summed E-state index contributed by atoms with van der Waals surface area (Å²) in [5.74, 6) is 0. The molecule has 0 aliphatic carbocycles. The highest BCUT2D eigenvalue weighted by Crippen LogP contribution is 2.02. The van der Waals surface area contributed by atoms with Crippen LogP contribution in [0.25, 0.3) is 0 Å². The van der Waals surface area contributed by atoms with Gasteiger partial charge in [-0.1, -0.05) is 0 Å². The maximum absolute atomic E-state index is 10.2. The molecule has 0 amide bonds. The minimum atomic E-state index is 0.634. The van der Waals surface area contributed by atoms with Crippen molar-refractivity contribution in [2.45, 2.75) is 6.42 Å². The predicted octanol–water partition coefficient (Wildman–Crippen LogP) is -0.609. The molecule has 0 spiro atoms. The van der Waals surface area contributed by atoms with Crippen LogP contribution in [-0.2, 0) is 4.79 Å². The highest BCUT2D eigenvalue weighted by Gasteiger charge is 2.06. The second kappa shape index (κ2) is 2.64. The molecule has 0 aromatic carbocycles. The summed E-state index contributed by atoms with van der Waals surface area (Å²) >= 11 is 0. The van der Waals surface area contributed by atoms with E-state index in [0.29, 0.717) is 12.1 Å². The fourth-order valence-corrected chi connectivity index (χ4v) is 0.838. The average molecular weight is 126 g/mol. The van der Waals surface area contributed by atoms with E-state index in [9.17, 15) is 4.79 Å². The molecule has 1 heterocycles. The second-order valence-electron chi connectivity index (χ2n) is 2.10. The Morgan fingerprint density at radius 3 is 2.89 bits per heavy atom. The molecule has 0 saturated carbocycles. The van der Waals surface area contributed by atoms with Crippen molar-refractivity contribution in [1.29, 1.82) is 0 Å². The molecule has 0 fully saturated rings. The Morgan fingerprint density at radius 2 is 2.44 bits per heavy atom. The van der Waals surface area contributed by atoms with Crippen LogP contribution in [0.1, 0.15) is 6.42 Å². The third-order valence-corrected chi connectivity index (χ3v) is 1.44. The van der Waals surface area contributed by atoms with Crippen LogP contribution >= 0.6 is 0 Å². The molecule has 3 N–H and O–H groups in total. The van der Waals surface area contributed by atoms with Gasteiger partial charge in [0.2, 0.25) is 0 Å². The summed E-state index contributed by atoms with van der Waals surface area (Å²) in [5, 5.41) is 3.05. The Kier molecular flexibility index (Phi) is 1.85. The molecular formula is C6H10N2O. The Hall–Kier alpha value is -0.830. The van der Waals surface area contributed by atoms with E-state index in [2.05, 4.69) is 5.32 Å². The van der Waals surface area contributed by atoms with Gasteiger partial charge in [-0.05, 0) is 6.42 Å². The Labute approximate surface area is 53.9 Å². The maximum Gasteiger partial charge on any atom is 0.149 e. The van der Waals surface area contributed by atoms with Gasteiger partial charge in [-0.2, -0.15) is 0 Å². The molecule has 1 aliphatic rings. The summed E-state index contributed by atoms with van der Waals surface area (Å²) in [6.07, 6.45) is 1.62. The van der Waals surface area contributed by atoms with Crippen LogP contribution < -0.4 is 11.1 Å². The molecule has 0 bridgehead atoms. The minimum absolute atomic E-state index is 0.634. The average Bonchev–Trinajstić information content (AvgIpc) is 1.89. The van der Waals surface area contributed by atoms with Gasteiger partial charge >= 0.3 is 0 Å². The Balaban J connectivity index is 2.70. The summed E-state index contributed by atoms with van der Waals surface area (Å²) in [6.45, 7) is 1.53. The third kappa shape index (κ3) is 1.29. The topological polar surface area (TPSA) is 55.1 Å². The number of hydrogen-bond acceptors (Lipinski definition) is 3. The van der Waals surface area contributed by atoms with Gasteiger partial charge in [-0.15, -0.1) is 0 Å². The van der Waals surface area contributed by atoms with Gasteiger partial charge in [-0.3, -0.25) is 4.79 Å². The van der Waals surface area contributed by atoms with Gasteiger partial charge in [0.1, 0.15) is 6.29 Å². The zero-order chi connectivity index (χ0) is 6.69. The fourth-order valence-electron chi connectivity index (χ4n) is 0.838. The standard InChI is InChI=1S/C6H10N2O/c7-6-1-2-8-3-5(6)4-9/h4,8H,1-3,7H2. The van der Waals surface area contributed by atoms with E-state index in [0.717, 1.165) is 24.9 Å². The zero-order valence-electron chi connectivity index (χ0n) is 5.18. The number of aldehydes is 1. The lowest BCUT2D eigenvalue weighted by Gasteiger charge is -2.13. The van der Waals surface area contributed by atoms with Crippen molar-refractivity contribution < 1.29 is 4.79 Å². The minimum Gasteiger partial charge on any atom is -0.402 e. The first-order valence-corrected chi connectivity index (χ1v) is 2.98. The van der Waals surface area contributed by atoms with Gasteiger partial charge in [0.05, 0.1) is 0 Å². The van der Waals surface area contributed by atoms with E-state index in [1.165, 1.54) is 0 Å². The van der Waals surface area contributed by atoms with E-state index in [1.807, 2.05) is 0 Å². The summed E-state index contributed by atoms with van der Waals surface area (Å²) in [7, 11) is 0. The molecule has 0 radical (unpaired) electrons. The number of rotatable bonds is 1. The largest absolute Gasteiger partial charge is 0.402 e. The maximum atomic E-state index is 10.2. The summed E-state index contributed by atoms with van der Waals surface area (Å²) < 4.78 is 0. The van der Waals surface area contributed by atoms with Crippen molar-refractivity contribution in [2.24, 2.45) is 5.73 Å². The van der Waals surface area contributed by atoms with Gasteiger partial charge in [0.15, 0.2) is 0 Å². The molecule has 0 atom stereocenters. The van der Waals surface area contributed by atoms with Crippen molar-refractivity contribution in [3.05, 3.63) is 11.3 Å². The molecule has 9 heavy (non-hydrogen) atoms. The number of nitrogens with one attached hydrogen (secondary N) is 1. The molecule has 1 aliphatic heterocycles. The fraction of sp³-hybridized carbons (Fsp3) is 0.500. The Bertz CT molecular complexity index is 151. The van der Waals surface area contributed by atoms with Crippen molar-refractivity contribution in [1.82, 2.24) is 5.32 Å². The predicted molar refractivity (Wildman–Crippen MR) is 34.8 cm³/mol. The normalized spacial score (nSPS) is 20.0. The quantitative estimate of drug-likeness (QED) is 0.461. The van der Waals surface area contributed by atoms with E-state index < -0.39 is 0 Å². The van der Waals surface area contributed by atoms with Crippen molar-refractivity contribution in [3.63, 3.8) is 0 Å². The lowest BCUT2D eigenvalue weighted by molar-refractivity contribution is -0.105. The monoisotopic (exact) mass is 126 g/mol. The molecule has 50 valence electrons. The summed E-state index contributed by atoms with van der Waals surface area (Å²) in [5.41, 5.74) is 6.95. The van der Waals surface area contributed by atoms with E-state index in [-0.39, 0.29) is 0 Å². The Morgan fingerprint density at radius 1 is 1.67 bits per heavy atom. The molecular weight excluding hydrogens is 116 g/mol. The molecule has 0 unspecified atom stereocenters. The van der Waals surface area contributed by atoms with E-state index in [4.69, 9.17) is 5.73 Å². The number of nitrogens with two attached hydrogens (primary N) is 1. The number of hydrogen-bond donors (Lipinski definition) is 2. The summed E-state index contributed by atoms with van der Waals surface area (Å²) in [6, 6.07) is 0. The van der Waals surface area contributed by atoms with Gasteiger partial charge in [0, 0.05) is 24.4 Å². The van der Waals surface area contributed by atoms with Gasteiger partial charge < -0.3 is 11.1 Å². The van der Waals surface area contributed by atoms with Crippen LogP contribution in [0, 0.1) is 0 Å². The molecule has 3 heteroatoms. The van der Waals surface area contributed by atoms with Crippen LogP contribution in [0.3, 0.4) is 0 Å². The van der Waals surface area contributed by atoms with Gasteiger partial charge in [-0.25, -0.2) is 0 Å². The highest BCUT2D eigenvalue weighted by atomic mass is 16.1. The van der Waals surface area contributed by atoms with E-state index in [1.54, 1.807) is 0 Å². The molecule has 0 aromatic rings. The highest BCUT2D eigenvalue weighted by molar-refractivity contribution is 5.75. The van der Waals surface area contributed by atoms with Crippen LogP contribution in [0.4, 0.5) is 0 Å². The summed E-state index contributed by atoms with van der Waals surface area (Å²) in [4.78, 5) is 10.2. The first-order chi connectivity index (χ1) is 4.34. The number of carbonyl (C=O) groups excluding carboxylic acids is 1. The van der Waals surface area contributed by atoms with Crippen LogP contribution in [0.15, 0.2) is 11.3 Å². The lowest BCUT2D eigenvalue weighted by atomic mass is 10.1. The first kappa shape index (κ1) is 6.29. The number of carbonyl (C=O) groups is 1. The van der Waals surface area contributed by atoms with Gasteiger partial charge in [0.25, 0.3) is 0 Å². The van der Waals surface area contributed by atoms with Crippen LogP contribution in [0.5, 0.6) is 0 Å². The zero-order valence-corrected chi connectivity index (χ0v) is 5.18. The van der Waals surface area contributed by atoms with Crippen LogP contribution in [0.2, 0.25) is 0 Å². The molecule has 0 aromatic heterocycles. The van der Waals surface area contributed by atoms with Crippen molar-refractivity contribution >= 4 is 6.29 Å². The first-order valence-electron chi connectivity index (χ1n) is 2.98. The molecule has 0 saturated heterocycles. The lowest BCUT2D eigenvalue weighted by Crippen LogP contribution is -2.28. The van der Waals surface area contributed by atoms with E-state index >= 15 is 0 Å². The van der Waals surface area contributed by atoms with Crippen molar-refractivity contribution in [3.8, 4) is 0 Å². The van der Waals surface area contributed by atoms with Crippen molar-refractivity contribution in [2.75, 3.05) is 13.1 Å². The molecule has 3 nitrogen and oxygen atoms in total.